The Kier molecular flexibility index (Phi) is 8.58. The number of benzene rings is 2. The molecule has 5 rings (SSSR count). The fourth-order valence-corrected chi connectivity index (χ4v) is 5.87. The molecule has 1 aliphatic carbocycles. The average Bonchev–Trinajstić information content (AvgIpc) is 3.24. The van der Waals surface area contributed by atoms with E-state index in [1.165, 1.54) is 6.42 Å². The summed E-state index contributed by atoms with van der Waals surface area (Å²) < 4.78 is 0. The Bertz CT molecular complexity index is 1130. The smallest absolute Gasteiger partial charge is 0.255 e. The summed E-state index contributed by atoms with van der Waals surface area (Å²) in [6, 6.07) is 14.8. The summed E-state index contributed by atoms with van der Waals surface area (Å²) in [5.74, 6) is 0.253. The summed E-state index contributed by atoms with van der Waals surface area (Å²) in [5.41, 5.74) is 2.66. The van der Waals surface area contributed by atoms with Gasteiger partial charge in [-0.3, -0.25) is 14.4 Å². The molecule has 2 N–H and O–H groups in total. The number of carbonyl (C=O) groups is 3. The summed E-state index contributed by atoms with van der Waals surface area (Å²) in [4.78, 5) is 45.7. The van der Waals surface area contributed by atoms with Crippen LogP contribution in [0.2, 0.25) is 0 Å². The number of amides is 3. The SMILES string of the molecule is O=C(Nc1cc(C(=O)N2CCNCC2)ccc1N1CCCN(C(=O)C2CCCCC2)CC1)c1ccccc1. The van der Waals surface area contributed by atoms with E-state index in [9.17, 15) is 14.4 Å². The highest BCUT2D eigenvalue weighted by Gasteiger charge is 2.28. The second-order valence-electron chi connectivity index (χ2n) is 10.6. The van der Waals surface area contributed by atoms with Crippen LogP contribution in [0.25, 0.3) is 0 Å². The minimum atomic E-state index is -0.206. The number of hydrogen-bond acceptors (Lipinski definition) is 5. The monoisotopic (exact) mass is 517 g/mol. The summed E-state index contributed by atoms with van der Waals surface area (Å²) in [6.45, 7) is 5.81. The first-order valence-electron chi connectivity index (χ1n) is 14.1. The van der Waals surface area contributed by atoms with Gasteiger partial charge in [0.15, 0.2) is 0 Å². The van der Waals surface area contributed by atoms with E-state index < -0.39 is 0 Å². The van der Waals surface area contributed by atoms with Crippen molar-refractivity contribution in [3.63, 3.8) is 0 Å². The number of rotatable bonds is 5. The molecular weight excluding hydrogens is 478 g/mol. The minimum Gasteiger partial charge on any atom is -0.368 e. The molecule has 2 heterocycles. The maximum absolute atomic E-state index is 13.2. The Morgan fingerprint density at radius 3 is 2.26 bits per heavy atom. The third-order valence-corrected chi connectivity index (χ3v) is 8.03. The van der Waals surface area contributed by atoms with Crippen molar-refractivity contribution in [2.45, 2.75) is 38.5 Å². The van der Waals surface area contributed by atoms with E-state index in [2.05, 4.69) is 15.5 Å². The molecule has 0 atom stereocenters. The van der Waals surface area contributed by atoms with Gasteiger partial charge in [0.2, 0.25) is 5.91 Å². The van der Waals surface area contributed by atoms with Gasteiger partial charge in [-0.05, 0) is 49.6 Å². The van der Waals surface area contributed by atoms with Crippen molar-refractivity contribution in [3.8, 4) is 0 Å². The Balaban J connectivity index is 1.36. The van der Waals surface area contributed by atoms with Crippen LogP contribution in [0.4, 0.5) is 11.4 Å². The maximum atomic E-state index is 13.2. The van der Waals surface area contributed by atoms with Crippen LogP contribution in [0, 0.1) is 5.92 Å². The third-order valence-electron chi connectivity index (χ3n) is 8.03. The molecular formula is C30H39N5O3. The Hall–Kier alpha value is -3.39. The predicted molar refractivity (Wildman–Crippen MR) is 150 cm³/mol. The number of nitrogens with zero attached hydrogens (tertiary/aromatic N) is 3. The molecule has 0 radical (unpaired) electrons. The Morgan fingerprint density at radius 2 is 1.50 bits per heavy atom. The lowest BCUT2D eigenvalue weighted by Gasteiger charge is -2.30. The zero-order valence-electron chi connectivity index (χ0n) is 22.2. The van der Waals surface area contributed by atoms with Gasteiger partial charge in [0, 0.05) is 69.4 Å². The van der Waals surface area contributed by atoms with Crippen LogP contribution in [-0.4, -0.2) is 79.9 Å². The molecule has 3 aliphatic rings. The molecule has 2 aromatic carbocycles. The summed E-state index contributed by atoms with van der Waals surface area (Å²) in [7, 11) is 0. The van der Waals surface area contributed by atoms with E-state index in [4.69, 9.17) is 0 Å². The molecule has 0 spiro atoms. The number of piperazine rings is 1. The summed E-state index contributed by atoms with van der Waals surface area (Å²) in [5, 5.41) is 6.37. The molecule has 38 heavy (non-hydrogen) atoms. The van der Waals surface area contributed by atoms with Crippen molar-refractivity contribution in [2.24, 2.45) is 5.92 Å². The van der Waals surface area contributed by atoms with E-state index in [-0.39, 0.29) is 17.7 Å². The van der Waals surface area contributed by atoms with Crippen molar-refractivity contribution in [1.82, 2.24) is 15.1 Å². The van der Waals surface area contributed by atoms with Gasteiger partial charge >= 0.3 is 0 Å². The largest absolute Gasteiger partial charge is 0.368 e. The van der Waals surface area contributed by atoms with Crippen molar-refractivity contribution in [1.29, 1.82) is 0 Å². The average molecular weight is 518 g/mol. The van der Waals surface area contributed by atoms with Crippen LogP contribution in [0.1, 0.15) is 59.2 Å². The van der Waals surface area contributed by atoms with E-state index in [0.29, 0.717) is 48.9 Å². The highest BCUT2D eigenvalue weighted by atomic mass is 16.2. The topological polar surface area (TPSA) is 85.0 Å². The van der Waals surface area contributed by atoms with Crippen molar-refractivity contribution in [2.75, 3.05) is 62.6 Å². The van der Waals surface area contributed by atoms with E-state index in [0.717, 1.165) is 64.0 Å². The van der Waals surface area contributed by atoms with Crippen LogP contribution in [0.5, 0.6) is 0 Å². The van der Waals surface area contributed by atoms with Crippen molar-refractivity contribution >= 4 is 29.1 Å². The van der Waals surface area contributed by atoms with Gasteiger partial charge in [-0.15, -0.1) is 0 Å². The zero-order chi connectivity index (χ0) is 26.3. The van der Waals surface area contributed by atoms with Crippen LogP contribution in [-0.2, 0) is 4.79 Å². The lowest BCUT2D eigenvalue weighted by atomic mass is 9.88. The highest BCUT2D eigenvalue weighted by molar-refractivity contribution is 6.07. The molecule has 2 aromatic rings. The highest BCUT2D eigenvalue weighted by Crippen LogP contribution is 2.31. The number of hydrogen-bond donors (Lipinski definition) is 2. The standard InChI is InChI=1S/C30H39N5O3/c36-28(23-8-3-1-4-9-23)32-26-22-25(30(38)35-18-14-31-15-19-35)12-13-27(26)33-16-7-17-34(21-20-33)29(37)24-10-5-2-6-11-24/h1,3-4,8-9,12-13,22,24,31H,2,5-7,10-11,14-21H2,(H,32,36). The van der Waals surface area contributed by atoms with E-state index in [1.54, 1.807) is 12.1 Å². The molecule has 0 aromatic heterocycles. The van der Waals surface area contributed by atoms with Crippen LogP contribution in [0.3, 0.4) is 0 Å². The quantitative estimate of drug-likeness (QED) is 0.633. The molecule has 0 bridgehead atoms. The number of nitrogens with one attached hydrogen (secondary N) is 2. The van der Waals surface area contributed by atoms with Crippen LogP contribution >= 0.6 is 0 Å². The molecule has 8 nitrogen and oxygen atoms in total. The molecule has 202 valence electrons. The molecule has 2 saturated heterocycles. The van der Waals surface area contributed by atoms with E-state index in [1.807, 2.05) is 46.2 Å². The number of carbonyl (C=O) groups excluding carboxylic acids is 3. The van der Waals surface area contributed by atoms with Gasteiger partial charge in [0.05, 0.1) is 11.4 Å². The number of anilines is 2. The van der Waals surface area contributed by atoms with Crippen LogP contribution < -0.4 is 15.5 Å². The van der Waals surface area contributed by atoms with Crippen molar-refractivity contribution < 1.29 is 14.4 Å². The predicted octanol–water partition coefficient (Wildman–Crippen LogP) is 3.60. The zero-order valence-corrected chi connectivity index (χ0v) is 22.2. The summed E-state index contributed by atoms with van der Waals surface area (Å²) in [6.07, 6.45) is 6.43. The lowest BCUT2D eigenvalue weighted by Crippen LogP contribution is -2.46. The fraction of sp³-hybridized carbons (Fsp3) is 0.500. The van der Waals surface area contributed by atoms with Gasteiger partial charge in [0.25, 0.3) is 11.8 Å². The molecule has 3 amide bonds. The first-order chi connectivity index (χ1) is 18.6. The molecule has 8 heteroatoms. The fourth-order valence-electron chi connectivity index (χ4n) is 5.87. The molecule has 0 unspecified atom stereocenters. The summed E-state index contributed by atoms with van der Waals surface area (Å²) >= 11 is 0. The van der Waals surface area contributed by atoms with E-state index >= 15 is 0 Å². The molecule has 3 fully saturated rings. The minimum absolute atomic E-state index is 0.0200. The molecule has 2 aliphatic heterocycles. The Morgan fingerprint density at radius 1 is 0.737 bits per heavy atom. The second kappa shape index (κ2) is 12.4. The Labute approximate surface area is 225 Å². The van der Waals surface area contributed by atoms with Gasteiger partial charge in [-0.2, -0.15) is 0 Å². The normalized spacial score (nSPS) is 19.1. The second-order valence-corrected chi connectivity index (χ2v) is 10.6. The third kappa shape index (κ3) is 6.18. The molecule has 1 saturated carbocycles. The first kappa shape index (κ1) is 26.2. The first-order valence-corrected chi connectivity index (χ1v) is 14.1. The van der Waals surface area contributed by atoms with Crippen LogP contribution in [0.15, 0.2) is 48.5 Å². The van der Waals surface area contributed by atoms with Gasteiger partial charge in [-0.25, -0.2) is 0 Å². The van der Waals surface area contributed by atoms with Gasteiger partial charge < -0.3 is 25.3 Å². The van der Waals surface area contributed by atoms with Crippen molar-refractivity contribution in [3.05, 3.63) is 59.7 Å². The van der Waals surface area contributed by atoms with Gasteiger partial charge in [-0.1, -0.05) is 37.5 Å². The maximum Gasteiger partial charge on any atom is 0.255 e. The lowest BCUT2D eigenvalue weighted by molar-refractivity contribution is -0.136. The van der Waals surface area contributed by atoms with Gasteiger partial charge in [0.1, 0.15) is 0 Å².